The van der Waals surface area contributed by atoms with Gasteiger partial charge in [0.25, 0.3) is 0 Å². The molecule has 1 nitrogen and oxygen atoms in total. The number of hydrogen-bond donors (Lipinski definition) is 0. The van der Waals surface area contributed by atoms with Crippen LogP contribution in [0.4, 0.5) is 5.69 Å². The number of hydrogen-bond acceptors (Lipinski definition) is 1. The van der Waals surface area contributed by atoms with Crippen molar-refractivity contribution in [1.82, 2.24) is 0 Å². The average molecular weight is 201 g/mol. The molecule has 0 unspecified atom stereocenters. The van der Waals surface area contributed by atoms with E-state index in [1.165, 1.54) is 11.3 Å². The Kier molecular flexibility index (Phi) is 4.69. The summed E-state index contributed by atoms with van der Waals surface area (Å²) in [5.41, 5.74) is 2.60. The number of rotatable bonds is 4. The summed E-state index contributed by atoms with van der Waals surface area (Å²) < 4.78 is 0. The molecule has 1 aromatic rings. The van der Waals surface area contributed by atoms with E-state index < -0.39 is 0 Å². The molecule has 0 atom stereocenters. The molecule has 0 fully saturated rings. The first kappa shape index (κ1) is 11.6. The van der Waals surface area contributed by atoms with Gasteiger partial charge in [-0.15, -0.1) is 0 Å². The third-order valence-electron chi connectivity index (χ3n) is 2.41. The molecule has 0 N–H and O–H groups in total. The van der Waals surface area contributed by atoms with Crippen molar-refractivity contribution in [2.75, 3.05) is 11.9 Å². The molecule has 1 heteroatoms. The summed E-state index contributed by atoms with van der Waals surface area (Å²) in [4.78, 5) is 2.11. The minimum Gasteiger partial charge on any atom is -0.351 e. The second kappa shape index (κ2) is 6.07. The SMILES string of the molecule is CC/C(C)=C\C=C/N(C)c1ccccc1. The van der Waals surface area contributed by atoms with Crippen LogP contribution in [0, 0.1) is 0 Å². The largest absolute Gasteiger partial charge is 0.351 e. The molecular formula is C14H19N. The lowest BCUT2D eigenvalue weighted by Gasteiger charge is -2.12. The first-order chi connectivity index (χ1) is 7.24. The Hall–Kier alpha value is -1.50. The van der Waals surface area contributed by atoms with E-state index in [4.69, 9.17) is 0 Å². The zero-order valence-corrected chi connectivity index (χ0v) is 9.77. The predicted molar refractivity (Wildman–Crippen MR) is 68.0 cm³/mol. The second-order valence-corrected chi connectivity index (χ2v) is 3.65. The van der Waals surface area contributed by atoms with Crippen molar-refractivity contribution in [3.8, 4) is 0 Å². The van der Waals surface area contributed by atoms with Crippen molar-refractivity contribution in [3.05, 3.63) is 54.3 Å². The third-order valence-corrected chi connectivity index (χ3v) is 2.41. The molecule has 0 aliphatic carbocycles. The molecule has 0 spiro atoms. The molecule has 0 saturated heterocycles. The van der Waals surface area contributed by atoms with Gasteiger partial charge in [-0.2, -0.15) is 0 Å². The smallest absolute Gasteiger partial charge is 0.0403 e. The summed E-state index contributed by atoms with van der Waals surface area (Å²) in [5, 5.41) is 0. The van der Waals surface area contributed by atoms with Crippen LogP contribution in [0.3, 0.4) is 0 Å². The highest BCUT2D eigenvalue weighted by Gasteiger charge is 1.92. The number of para-hydroxylation sites is 1. The van der Waals surface area contributed by atoms with Gasteiger partial charge < -0.3 is 4.90 Å². The highest BCUT2D eigenvalue weighted by Crippen LogP contribution is 2.11. The van der Waals surface area contributed by atoms with Crippen molar-refractivity contribution in [2.45, 2.75) is 20.3 Å². The van der Waals surface area contributed by atoms with Gasteiger partial charge in [0.1, 0.15) is 0 Å². The van der Waals surface area contributed by atoms with Crippen LogP contribution >= 0.6 is 0 Å². The van der Waals surface area contributed by atoms with Crippen molar-refractivity contribution in [2.24, 2.45) is 0 Å². The van der Waals surface area contributed by atoms with Gasteiger partial charge in [0.2, 0.25) is 0 Å². The van der Waals surface area contributed by atoms with E-state index in [-0.39, 0.29) is 0 Å². The molecule has 0 amide bonds. The van der Waals surface area contributed by atoms with E-state index in [0.29, 0.717) is 0 Å². The maximum atomic E-state index is 2.17. The first-order valence-electron chi connectivity index (χ1n) is 5.36. The Labute approximate surface area is 92.7 Å². The van der Waals surface area contributed by atoms with Crippen LogP contribution in [0.2, 0.25) is 0 Å². The van der Waals surface area contributed by atoms with E-state index in [0.717, 1.165) is 6.42 Å². The van der Waals surface area contributed by atoms with E-state index in [9.17, 15) is 0 Å². The minimum absolute atomic E-state index is 1.11. The zero-order chi connectivity index (χ0) is 11.1. The molecule has 0 aromatic heterocycles. The van der Waals surface area contributed by atoms with Gasteiger partial charge in [0, 0.05) is 18.9 Å². The van der Waals surface area contributed by atoms with Gasteiger partial charge in [-0.05, 0) is 31.6 Å². The van der Waals surface area contributed by atoms with Crippen LogP contribution in [0.1, 0.15) is 20.3 Å². The van der Waals surface area contributed by atoms with Gasteiger partial charge in [0.05, 0.1) is 0 Å². The van der Waals surface area contributed by atoms with Gasteiger partial charge in [0.15, 0.2) is 0 Å². The fourth-order valence-electron chi connectivity index (χ4n) is 1.20. The normalized spacial score (nSPS) is 12.1. The van der Waals surface area contributed by atoms with E-state index >= 15 is 0 Å². The Bertz CT molecular complexity index is 336. The molecule has 0 aliphatic heterocycles. The second-order valence-electron chi connectivity index (χ2n) is 3.65. The van der Waals surface area contributed by atoms with E-state index in [2.05, 4.69) is 56.3 Å². The summed E-state index contributed by atoms with van der Waals surface area (Å²) in [5.74, 6) is 0. The Morgan fingerprint density at radius 2 is 1.93 bits per heavy atom. The zero-order valence-electron chi connectivity index (χ0n) is 9.77. The Balaban J connectivity index is 2.60. The molecule has 1 rings (SSSR count). The lowest BCUT2D eigenvalue weighted by atomic mass is 10.2. The van der Waals surface area contributed by atoms with E-state index in [1.807, 2.05) is 18.2 Å². The highest BCUT2D eigenvalue weighted by atomic mass is 15.1. The summed E-state index contributed by atoms with van der Waals surface area (Å²) in [6, 6.07) is 10.3. The van der Waals surface area contributed by atoms with Gasteiger partial charge in [-0.3, -0.25) is 0 Å². The van der Waals surface area contributed by atoms with Crippen LogP contribution in [0.15, 0.2) is 54.3 Å². The number of nitrogens with zero attached hydrogens (tertiary/aromatic N) is 1. The van der Waals surface area contributed by atoms with Crippen LogP contribution < -0.4 is 4.90 Å². The van der Waals surface area contributed by atoms with Gasteiger partial charge in [-0.1, -0.05) is 36.8 Å². The number of anilines is 1. The number of allylic oxidation sites excluding steroid dienone is 3. The van der Waals surface area contributed by atoms with Crippen LogP contribution in [-0.4, -0.2) is 7.05 Å². The van der Waals surface area contributed by atoms with Crippen molar-refractivity contribution >= 4 is 5.69 Å². The standard InChI is InChI=1S/C14H19N/c1-4-13(2)9-8-12-15(3)14-10-6-5-7-11-14/h5-12H,4H2,1-3H3/b12-8-,13-9-. The van der Waals surface area contributed by atoms with Crippen LogP contribution in [0.25, 0.3) is 0 Å². The molecular weight excluding hydrogens is 182 g/mol. The molecule has 1 aromatic carbocycles. The molecule has 0 radical (unpaired) electrons. The minimum atomic E-state index is 1.11. The quantitative estimate of drug-likeness (QED) is 0.666. The maximum Gasteiger partial charge on any atom is 0.0403 e. The summed E-state index contributed by atoms with van der Waals surface area (Å²) >= 11 is 0. The molecule has 80 valence electrons. The van der Waals surface area contributed by atoms with E-state index in [1.54, 1.807) is 0 Å². The van der Waals surface area contributed by atoms with Crippen LogP contribution in [-0.2, 0) is 0 Å². The lowest BCUT2D eigenvalue weighted by Crippen LogP contribution is -2.06. The third kappa shape index (κ3) is 4.03. The average Bonchev–Trinajstić information content (AvgIpc) is 2.29. The summed E-state index contributed by atoms with van der Waals surface area (Å²) in [6.45, 7) is 4.31. The first-order valence-corrected chi connectivity index (χ1v) is 5.36. The molecule has 15 heavy (non-hydrogen) atoms. The molecule has 0 heterocycles. The molecule has 0 saturated carbocycles. The Morgan fingerprint density at radius 3 is 2.53 bits per heavy atom. The highest BCUT2D eigenvalue weighted by molar-refractivity contribution is 5.48. The fraction of sp³-hybridized carbons (Fsp3) is 0.286. The Morgan fingerprint density at radius 1 is 1.27 bits per heavy atom. The van der Waals surface area contributed by atoms with Crippen molar-refractivity contribution in [1.29, 1.82) is 0 Å². The summed E-state index contributed by atoms with van der Waals surface area (Å²) in [6.07, 6.45) is 7.43. The monoisotopic (exact) mass is 201 g/mol. The van der Waals surface area contributed by atoms with Crippen LogP contribution in [0.5, 0.6) is 0 Å². The predicted octanol–water partition coefficient (Wildman–Crippen LogP) is 3.99. The fourth-order valence-corrected chi connectivity index (χ4v) is 1.20. The number of benzene rings is 1. The molecule has 0 bridgehead atoms. The lowest BCUT2D eigenvalue weighted by molar-refractivity contribution is 1.10. The maximum absolute atomic E-state index is 2.17. The van der Waals surface area contributed by atoms with Crippen molar-refractivity contribution in [3.63, 3.8) is 0 Å². The van der Waals surface area contributed by atoms with Gasteiger partial charge >= 0.3 is 0 Å². The van der Waals surface area contributed by atoms with Gasteiger partial charge in [-0.25, -0.2) is 0 Å². The van der Waals surface area contributed by atoms with Crippen molar-refractivity contribution < 1.29 is 0 Å². The molecule has 0 aliphatic rings. The summed E-state index contributed by atoms with van der Waals surface area (Å²) in [7, 11) is 2.06. The topological polar surface area (TPSA) is 3.24 Å².